The maximum Gasteiger partial charge on any atom is 0.322 e. The van der Waals surface area contributed by atoms with Crippen LogP contribution >= 0.6 is 0 Å². The van der Waals surface area contributed by atoms with Crippen molar-refractivity contribution in [2.75, 3.05) is 13.1 Å². The number of aromatic nitrogens is 1. The second-order valence-corrected chi connectivity index (χ2v) is 4.01. The molecule has 0 unspecified atom stereocenters. The molecule has 20 heavy (non-hydrogen) atoms. The van der Waals surface area contributed by atoms with Crippen LogP contribution in [0.1, 0.15) is 17.0 Å². The molecule has 0 saturated heterocycles. The van der Waals surface area contributed by atoms with Crippen molar-refractivity contribution >= 4 is 17.9 Å². The Balaban J connectivity index is 2.27. The van der Waals surface area contributed by atoms with Gasteiger partial charge in [-0.2, -0.15) is 0 Å². The molecule has 1 rings (SSSR count). The van der Waals surface area contributed by atoms with Gasteiger partial charge in [-0.05, 0) is 13.8 Å². The molecule has 0 aliphatic carbocycles. The largest absolute Gasteiger partial charge is 0.480 e. The second-order valence-electron chi connectivity index (χ2n) is 4.01. The van der Waals surface area contributed by atoms with Crippen molar-refractivity contribution in [2.24, 2.45) is 0 Å². The molecule has 9 nitrogen and oxygen atoms in total. The summed E-state index contributed by atoms with van der Waals surface area (Å²) in [6.45, 7) is 2.92. The topological polar surface area (TPSA) is 134 Å². The van der Waals surface area contributed by atoms with Crippen LogP contribution in [0.4, 0.5) is 4.79 Å². The molecule has 0 aliphatic rings. The normalized spacial score (nSPS) is 9.90. The fourth-order valence-corrected chi connectivity index (χ4v) is 1.38. The number of carbonyl (C=O) groups is 3. The summed E-state index contributed by atoms with van der Waals surface area (Å²) < 4.78 is 4.94. The smallest absolute Gasteiger partial charge is 0.322 e. The van der Waals surface area contributed by atoms with E-state index in [2.05, 4.69) is 21.1 Å². The zero-order chi connectivity index (χ0) is 15.1. The number of aliphatic carboxylic acids is 1. The summed E-state index contributed by atoms with van der Waals surface area (Å²) in [6, 6.07) is -0.546. The molecule has 110 valence electrons. The van der Waals surface area contributed by atoms with E-state index in [0.29, 0.717) is 11.5 Å². The standard InChI is InChI=1S/C11H16N4O5/c1-6-8(7(2)20-15-6)3-13-11(19)14-4-9(16)12-5-10(17)18/h3-5H2,1-2H3,(H,12,16)(H,17,18)(H2,13,14,19). The number of hydrogen-bond donors (Lipinski definition) is 4. The molecule has 0 spiro atoms. The first kappa shape index (κ1) is 15.5. The molecule has 1 aromatic heterocycles. The van der Waals surface area contributed by atoms with E-state index in [-0.39, 0.29) is 13.1 Å². The molecule has 0 aliphatic heterocycles. The molecule has 4 N–H and O–H groups in total. The zero-order valence-corrected chi connectivity index (χ0v) is 11.1. The molecular weight excluding hydrogens is 268 g/mol. The van der Waals surface area contributed by atoms with Crippen LogP contribution in [-0.2, 0) is 16.1 Å². The van der Waals surface area contributed by atoms with Gasteiger partial charge >= 0.3 is 12.0 Å². The maximum absolute atomic E-state index is 11.4. The van der Waals surface area contributed by atoms with Crippen molar-refractivity contribution in [3.05, 3.63) is 17.0 Å². The number of carboxylic acid groups (broad SMARTS) is 1. The molecule has 9 heteroatoms. The lowest BCUT2D eigenvalue weighted by atomic mass is 10.2. The van der Waals surface area contributed by atoms with E-state index in [0.717, 1.165) is 5.56 Å². The summed E-state index contributed by atoms with van der Waals surface area (Å²) in [6.07, 6.45) is 0. The third-order valence-corrected chi connectivity index (χ3v) is 2.45. The molecule has 0 atom stereocenters. The van der Waals surface area contributed by atoms with E-state index in [9.17, 15) is 14.4 Å². The number of urea groups is 1. The lowest BCUT2D eigenvalue weighted by Crippen LogP contribution is -2.42. The Kier molecular flexibility index (Phi) is 5.51. The fourth-order valence-electron chi connectivity index (χ4n) is 1.38. The second kappa shape index (κ2) is 7.12. The van der Waals surface area contributed by atoms with E-state index >= 15 is 0 Å². The van der Waals surface area contributed by atoms with E-state index in [1.165, 1.54) is 0 Å². The number of carboxylic acids is 1. The number of carbonyl (C=O) groups excluding carboxylic acids is 2. The minimum Gasteiger partial charge on any atom is -0.480 e. The first-order valence-electron chi connectivity index (χ1n) is 5.82. The van der Waals surface area contributed by atoms with Crippen molar-refractivity contribution in [2.45, 2.75) is 20.4 Å². The van der Waals surface area contributed by atoms with Crippen molar-refractivity contribution in [1.29, 1.82) is 0 Å². The summed E-state index contributed by atoms with van der Waals surface area (Å²) in [4.78, 5) is 32.8. The predicted octanol–water partition coefficient (Wildman–Crippen LogP) is -0.709. The van der Waals surface area contributed by atoms with Crippen LogP contribution in [0.25, 0.3) is 0 Å². The Morgan fingerprint density at radius 2 is 1.85 bits per heavy atom. The fraction of sp³-hybridized carbons (Fsp3) is 0.455. The van der Waals surface area contributed by atoms with Crippen LogP contribution in [0.15, 0.2) is 4.52 Å². The average Bonchev–Trinajstić information content (AvgIpc) is 2.71. The van der Waals surface area contributed by atoms with E-state index in [1.807, 2.05) is 0 Å². The highest BCUT2D eigenvalue weighted by molar-refractivity contribution is 5.86. The highest BCUT2D eigenvalue weighted by Crippen LogP contribution is 2.11. The highest BCUT2D eigenvalue weighted by atomic mass is 16.5. The van der Waals surface area contributed by atoms with Gasteiger partial charge in [0.25, 0.3) is 0 Å². The SMILES string of the molecule is Cc1noc(C)c1CNC(=O)NCC(=O)NCC(=O)O. The summed E-state index contributed by atoms with van der Waals surface area (Å²) in [5, 5.41) is 19.1. The predicted molar refractivity (Wildman–Crippen MR) is 66.9 cm³/mol. The quantitative estimate of drug-likeness (QED) is 0.545. The molecule has 0 aromatic carbocycles. The van der Waals surface area contributed by atoms with Crippen molar-refractivity contribution in [3.63, 3.8) is 0 Å². The summed E-state index contributed by atoms with van der Waals surface area (Å²) >= 11 is 0. The number of nitrogens with zero attached hydrogens (tertiary/aromatic N) is 1. The molecule has 3 amide bonds. The zero-order valence-electron chi connectivity index (χ0n) is 11.1. The van der Waals surface area contributed by atoms with Gasteiger partial charge in [-0.25, -0.2) is 4.79 Å². The molecule has 1 aromatic rings. The van der Waals surface area contributed by atoms with Crippen LogP contribution < -0.4 is 16.0 Å². The van der Waals surface area contributed by atoms with Gasteiger partial charge < -0.3 is 25.6 Å². The number of rotatable bonds is 6. The van der Waals surface area contributed by atoms with Gasteiger partial charge in [0.15, 0.2) is 0 Å². The molecule has 0 saturated carbocycles. The molecular formula is C11H16N4O5. The number of hydrogen-bond acceptors (Lipinski definition) is 5. The Morgan fingerprint density at radius 3 is 2.40 bits per heavy atom. The van der Waals surface area contributed by atoms with Gasteiger partial charge in [-0.3, -0.25) is 9.59 Å². The lowest BCUT2D eigenvalue weighted by molar-refractivity contribution is -0.137. The Labute approximate surface area is 114 Å². The maximum atomic E-state index is 11.4. The van der Waals surface area contributed by atoms with E-state index in [1.54, 1.807) is 13.8 Å². The molecule has 0 fully saturated rings. The summed E-state index contributed by atoms with van der Waals surface area (Å²) in [5.41, 5.74) is 1.46. The van der Waals surface area contributed by atoms with Gasteiger partial charge in [-0.1, -0.05) is 5.16 Å². The van der Waals surface area contributed by atoms with Crippen LogP contribution in [0.5, 0.6) is 0 Å². The highest BCUT2D eigenvalue weighted by Gasteiger charge is 2.11. The van der Waals surface area contributed by atoms with E-state index in [4.69, 9.17) is 9.63 Å². The van der Waals surface area contributed by atoms with Crippen LogP contribution in [0.3, 0.4) is 0 Å². The minimum atomic E-state index is -1.15. The van der Waals surface area contributed by atoms with Gasteiger partial charge in [0.1, 0.15) is 12.3 Å². The Hall–Kier alpha value is -2.58. The number of nitrogens with one attached hydrogen (secondary N) is 3. The Morgan fingerprint density at radius 1 is 1.15 bits per heavy atom. The molecule has 1 heterocycles. The van der Waals surface area contributed by atoms with E-state index < -0.39 is 24.5 Å². The summed E-state index contributed by atoms with van der Waals surface area (Å²) in [7, 11) is 0. The minimum absolute atomic E-state index is 0.226. The number of aryl methyl sites for hydroxylation is 2. The molecule has 0 radical (unpaired) electrons. The van der Waals surface area contributed by atoms with Crippen LogP contribution in [0.2, 0.25) is 0 Å². The average molecular weight is 284 g/mol. The van der Waals surface area contributed by atoms with Gasteiger partial charge in [0.05, 0.1) is 12.2 Å². The van der Waals surface area contributed by atoms with Crippen LogP contribution in [0, 0.1) is 13.8 Å². The Bertz CT molecular complexity index is 491. The third kappa shape index (κ3) is 4.96. The monoisotopic (exact) mass is 284 g/mol. The summed E-state index contributed by atoms with van der Waals surface area (Å²) in [5.74, 6) is -1.12. The van der Waals surface area contributed by atoms with Crippen molar-refractivity contribution in [3.8, 4) is 0 Å². The number of amides is 3. The van der Waals surface area contributed by atoms with Crippen LogP contribution in [-0.4, -0.2) is 41.3 Å². The lowest BCUT2D eigenvalue weighted by Gasteiger charge is -2.07. The van der Waals surface area contributed by atoms with Gasteiger partial charge in [-0.15, -0.1) is 0 Å². The van der Waals surface area contributed by atoms with Gasteiger partial charge in [0, 0.05) is 12.1 Å². The van der Waals surface area contributed by atoms with Crippen molar-refractivity contribution < 1.29 is 24.0 Å². The molecule has 0 bridgehead atoms. The third-order valence-electron chi connectivity index (χ3n) is 2.45. The first-order chi connectivity index (χ1) is 9.40. The first-order valence-corrected chi connectivity index (χ1v) is 5.82. The van der Waals surface area contributed by atoms with Crippen molar-refractivity contribution in [1.82, 2.24) is 21.1 Å². The van der Waals surface area contributed by atoms with Gasteiger partial charge in [0.2, 0.25) is 5.91 Å².